The van der Waals surface area contributed by atoms with Gasteiger partial charge in [0.2, 0.25) is 0 Å². The molecule has 84 valence electrons. The molecule has 6 heteroatoms. The van der Waals surface area contributed by atoms with Gasteiger partial charge < -0.3 is 16.6 Å². The highest BCUT2D eigenvalue weighted by Crippen LogP contribution is 1.99. The number of carboxylic acid groups (broad SMARTS) is 1. The van der Waals surface area contributed by atoms with Crippen LogP contribution in [0.4, 0.5) is 0 Å². The van der Waals surface area contributed by atoms with Gasteiger partial charge in [-0.3, -0.25) is 9.79 Å². The highest BCUT2D eigenvalue weighted by molar-refractivity contribution is 5.85. The van der Waals surface area contributed by atoms with Gasteiger partial charge in [-0.2, -0.15) is 0 Å². The van der Waals surface area contributed by atoms with Crippen LogP contribution in [-0.4, -0.2) is 29.5 Å². The first-order valence-electron chi connectivity index (χ1n) is 4.29. The average molecular weight is 224 g/mol. The summed E-state index contributed by atoms with van der Waals surface area (Å²) in [6.45, 7) is 2.37. The Morgan fingerprint density at radius 1 is 1.50 bits per heavy atom. The molecular formula is C8H18ClN3O2. The first-order chi connectivity index (χ1) is 6.04. The summed E-state index contributed by atoms with van der Waals surface area (Å²) in [4.78, 5) is 14.3. The number of amidine groups is 1. The average Bonchev–Trinajstić information content (AvgIpc) is 2.02. The molecule has 14 heavy (non-hydrogen) atoms. The van der Waals surface area contributed by atoms with E-state index in [0.717, 1.165) is 12.8 Å². The predicted octanol–water partition coefficient (Wildman–Crippen LogP) is 0.367. The van der Waals surface area contributed by atoms with Gasteiger partial charge in [0.1, 0.15) is 6.04 Å². The van der Waals surface area contributed by atoms with Gasteiger partial charge in [-0.15, -0.1) is 12.4 Å². The van der Waals surface area contributed by atoms with E-state index in [1.54, 1.807) is 6.92 Å². The number of nitrogens with two attached hydrogens (primary N) is 2. The van der Waals surface area contributed by atoms with Crippen molar-refractivity contribution >= 4 is 24.2 Å². The minimum atomic E-state index is -0.946. The van der Waals surface area contributed by atoms with E-state index in [9.17, 15) is 4.79 Å². The minimum Gasteiger partial charge on any atom is -0.480 e. The van der Waals surface area contributed by atoms with Gasteiger partial charge in [-0.1, -0.05) is 0 Å². The summed E-state index contributed by atoms with van der Waals surface area (Å²) in [7, 11) is 0. The number of hydrogen-bond acceptors (Lipinski definition) is 3. The lowest BCUT2D eigenvalue weighted by Gasteiger charge is -2.04. The van der Waals surface area contributed by atoms with Crippen molar-refractivity contribution in [1.29, 1.82) is 0 Å². The summed E-state index contributed by atoms with van der Waals surface area (Å²) < 4.78 is 0. The van der Waals surface area contributed by atoms with Gasteiger partial charge in [0.05, 0.1) is 5.84 Å². The molecule has 0 aromatic carbocycles. The van der Waals surface area contributed by atoms with Crippen LogP contribution in [0.1, 0.15) is 26.2 Å². The van der Waals surface area contributed by atoms with Crippen LogP contribution in [0.5, 0.6) is 0 Å². The second-order valence-electron chi connectivity index (χ2n) is 2.96. The smallest absolute Gasteiger partial charge is 0.320 e. The highest BCUT2D eigenvalue weighted by atomic mass is 35.5. The van der Waals surface area contributed by atoms with Crippen molar-refractivity contribution < 1.29 is 9.90 Å². The SMILES string of the molecule is CC(N)=NCCCC[C@H](N)C(=O)O.Cl. The summed E-state index contributed by atoms with van der Waals surface area (Å²) in [6.07, 6.45) is 2.09. The van der Waals surface area contributed by atoms with Crippen LogP contribution >= 0.6 is 12.4 Å². The normalized spacial score (nSPS) is 13.1. The van der Waals surface area contributed by atoms with E-state index in [-0.39, 0.29) is 12.4 Å². The number of carboxylic acids is 1. The maximum Gasteiger partial charge on any atom is 0.320 e. The Hall–Kier alpha value is -0.810. The largest absolute Gasteiger partial charge is 0.480 e. The molecule has 1 atom stereocenters. The van der Waals surface area contributed by atoms with Crippen LogP contribution in [0.25, 0.3) is 0 Å². The maximum atomic E-state index is 10.3. The highest BCUT2D eigenvalue weighted by Gasteiger charge is 2.09. The summed E-state index contributed by atoms with van der Waals surface area (Å²) in [6, 6.07) is -0.747. The second-order valence-corrected chi connectivity index (χ2v) is 2.96. The lowest BCUT2D eigenvalue weighted by molar-refractivity contribution is -0.138. The van der Waals surface area contributed by atoms with Crippen LogP contribution in [0.15, 0.2) is 4.99 Å². The van der Waals surface area contributed by atoms with Gasteiger partial charge in [-0.05, 0) is 26.2 Å². The monoisotopic (exact) mass is 223 g/mol. The molecule has 0 rings (SSSR count). The van der Waals surface area contributed by atoms with Gasteiger partial charge >= 0.3 is 5.97 Å². The van der Waals surface area contributed by atoms with Crippen LogP contribution in [0.3, 0.4) is 0 Å². The van der Waals surface area contributed by atoms with Gasteiger partial charge in [0, 0.05) is 6.54 Å². The molecule has 0 aromatic heterocycles. The molecule has 0 spiro atoms. The molecule has 0 aliphatic rings. The number of rotatable bonds is 6. The molecule has 0 bridgehead atoms. The fraction of sp³-hybridized carbons (Fsp3) is 0.750. The molecule has 0 saturated heterocycles. The lowest BCUT2D eigenvalue weighted by atomic mass is 10.1. The molecule has 0 aliphatic carbocycles. The zero-order chi connectivity index (χ0) is 10.3. The molecule has 0 heterocycles. The quantitative estimate of drug-likeness (QED) is 0.344. The number of nitrogens with zero attached hydrogens (tertiary/aromatic N) is 1. The topological polar surface area (TPSA) is 102 Å². The van der Waals surface area contributed by atoms with E-state index in [1.807, 2.05) is 0 Å². The number of aliphatic carboxylic acids is 1. The molecule has 0 amide bonds. The van der Waals surface area contributed by atoms with Crippen molar-refractivity contribution in [3.63, 3.8) is 0 Å². The van der Waals surface area contributed by atoms with E-state index in [1.165, 1.54) is 0 Å². The maximum absolute atomic E-state index is 10.3. The number of aliphatic imine (C=N–C) groups is 1. The molecule has 0 unspecified atom stereocenters. The van der Waals surface area contributed by atoms with E-state index in [4.69, 9.17) is 16.6 Å². The Bertz CT molecular complexity index is 193. The van der Waals surface area contributed by atoms with E-state index in [2.05, 4.69) is 4.99 Å². The Kier molecular flexibility index (Phi) is 9.81. The Morgan fingerprint density at radius 3 is 2.50 bits per heavy atom. The number of halogens is 1. The first-order valence-corrected chi connectivity index (χ1v) is 4.29. The summed E-state index contributed by atoms with van der Waals surface area (Å²) >= 11 is 0. The number of hydrogen-bond donors (Lipinski definition) is 3. The van der Waals surface area contributed by atoms with Crippen molar-refractivity contribution in [2.45, 2.75) is 32.2 Å². The first kappa shape index (κ1) is 15.7. The van der Waals surface area contributed by atoms with Crippen LogP contribution in [0, 0.1) is 0 Å². The molecule has 0 radical (unpaired) electrons. The summed E-state index contributed by atoms with van der Waals surface area (Å²) in [5.41, 5.74) is 10.6. The zero-order valence-corrected chi connectivity index (χ0v) is 9.09. The number of unbranched alkanes of at least 4 members (excludes halogenated alkanes) is 1. The Balaban J connectivity index is 0. The van der Waals surface area contributed by atoms with Gasteiger partial charge in [-0.25, -0.2) is 0 Å². The molecule has 0 saturated carbocycles. The third-order valence-corrected chi connectivity index (χ3v) is 1.60. The van der Waals surface area contributed by atoms with Crippen molar-refractivity contribution in [3.05, 3.63) is 0 Å². The van der Waals surface area contributed by atoms with Crippen molar-refractivity contribution in [2.75, 3.05) is 6.54 Å². The third kappa shape index (κ3) is 9.28. The zero-order valence-electron chi connectivity index (χ0n) is 8.27. The standard InChI is InChI=1S/C8H17N3O2.ClH/c1-6(9)11-5-3-2-4-7(10)8(12)13;/h7H,2-5,10H2,1H3,(H2,9,11)(H,12,13);1H/t7-;/m0./s1. The van der Waals surface area contributed by atoms with Crippen molar-refractivity contribution in [3.8, 4) is 0 Å². The Morgan fingerprint density at radius 2 is 2.07 bits per heavy atom. The lowest BCUT2D eigenvalue weighted by Crippen LogP contribution is -2.29. The van der Waals surface area contributed by atoms with Crippen LogP contribution in [-0.2, 0) is 4.79 Å². The van der Waals surface area contributed by atoms with Crippen molar-refractivity contribution in [1.82, 2.24) is 0 Å². The van der Waals surface area contributed by atoms with Crippen molar-refractivity contribution in [2.24, 2.45) is 16.5 Å². The number of carbonyl (C=O) groups is 1. The van der Waals surface area contributed by atoms with E-state index in [0.29, 0.717) is 18.8 Å². The fourth-order valence-corrected chi connectivity index (χ4v) is 0.855. The second kappa shape index (κ2) is 8.77. The van der Waals surface area contributed by atoms with Gasteiger partial charge in [0.15, 0.2) is 0 Å². The minimum absolute atomic E-state index is 0. The van der Waals surface area contributed by atoms with Crippen LogP contribution < -0.4 is 11.5 Å². The predicted molar refractivity (Wildman–Crippen MR) is 58.9 cm³/mol. The molecule has 5 N–H and O–H groups in total. The van der Waals surface area contributed by atoms with E-state index >= 15 is 0 Å². The van der Waals surface area contributed by atoms with Crippen LogP contribution in [0.2, 0.25) is 0 Å². The third-order valence-electron chi connectivity index (χ3n) is 1.60. The molecule has 0 aromatic rings. The Labute approximate surface area is 90.0 Å². The summed E-state index contributed by atoms with van der Waals surface area (Å²) in [5.74, 6) is -0.388. The summed E-state index contributed by atoms with van der Waals surface area (Å²) in [5, 5.41) is 8.45. The fourth-order valence-electron chi connectivity index (χ4n) is 0.855. The van der Waals surface area contributed by atoms with Gasteiger partial charge in [0.25, 0.3) is 0 Å². The molecule has 0 aliphatic heterocycles. The molecule has 0 fully saturated rings. The van der Waals surface area contributed by atoms with E-state index < -0.39 is 12.0 Å². The molecule has 5 nitrogen and oxygen atoms in total. The molecular weight excluding hydrogens is 206 g/mol.